The van der Waals surface area contributed by atoms with Crippen molar-refractivity contribution < 1.29 is 9.53 Å². The number of carbonyl (C=O) groups is 1. The number of halogens is 2. The van der Waals surface area contributed by atoms with Crippen molar-refractivity contribution in [2.24, 2.45) is 5.73 Å². The molecule has 7 nitrogen and oxygen atoms in total. The number of ether oxygens (including phenoxy) is 1. The maximum absolute atomic E-state index is 12.4. The molecule has 0 aliphatic carbocycles. The Morgan fingerprint density at radius 3 is 3.04 bits per heavy atom. The second kappa shape index (κ2) is 9.08. The molecule has 1 aliphatic heterocycles. The molecule has 1 aliphatic rings. The van der Waals surface area contributed by atoms with Gasteiger partial charge in [-0.3, -0.25) is 0 Å². The summed E-state index contributed by atoms with van der Waals surface area (Å²) in [5.74, 6) is 0.858. The van der Waals surface area contributed by atoms with Crippen LogP contribution in [-0.2, 0) is 4.74 Å². The van der Waals surface area contributed by atoms with Gasteiger partial charge in [0.15, 0.2) is 0 Å². The van der Waals surface area contributed by atoms with E-state index in [1.54, 1.807) is 4.90 Å². The largest absolute Gasteiger partial charge is 0.374 e. The van der Waals surface area contributed by atoms with Crippen LogP contribution in [0.15, 0.2) is 18.2 Å². The quantitative estimate of drug-likeness (QED) is 0.766. The Bertz CT molecular complexity index is 677. The summed E-state index contributed by atoms with van der Waals surface area (Å²) in [5.41, 5.74) is 8.11. The number of H-pyrrole nitrogens is 1. The highest BCUT2D eigenvalue weighted by Crippen LogP contribution is 2.18. The smallest absolute Gasteiger partial charge is 0.322 e. The number of hydrogen-bond acceptors (Lipinski definition) is 4. The summed E-state index contributed by atoms with van der Waals surface area (Å²) in [6.45, 7) is 4.20. The zero-order chi connectivity index (χ0) is 15.5. The van der Waals surface area contributed by atoms with Crippen LogP contribution >= 0.6 is 24.8 Å². The number of rotatable bonds is 3. The lowest BCUT2D eigenvalue weighted by atomic mass is 10.2. The van der Waals surface area contributed by atoms with Crippen LogP contribution in [0.4, 0.5) is 10.5 Å². The second-order valence-electron chi connectivity index (χ2n) is 5.50. The first-order valence-corrected chi connectivity index (χ1v) is 7.49. The van der Waals surface area contributed by atoms with Crippen molar-refractivity contribution >= 4 is 47.6 Å². The van der Waals surface area contributed by atoms with Crippen molar-refractivity contribution in [1.29, 1.82) is 0 Å². The fraction of sp³-hybridized carbons (Fsp3) is 0.467. The van der Waals surface area contributed by atoms with E-state index in [0.29, 0.717) is 26.2 Å². The third-order valence-corrected chi connectivity index (χ3v) is 3.77. The molecule has 3 rings (SSSR count). The summed E-state index contributed by atoms with van der Waals surface area (Å²) >= 11 is 0. The number of aryl methyl sites for hydroxylation is 1. The van der Waals surface area contributed by atoms with Gasteiger partial charge in [-0.1, -0.05) is 0 Å². The van der Waals surface area contributed by atoms with Gasteiger partial charge >= 0.3 is 6.03 Å². The van der Waals surface area contributed by atoms with Gasteiger partial charge in [0.1, 0.15) is 5.82 Å². The standard InChI is InChI=1S/C15H21N5O2.2ClH/c1-10-17-13-3-2-11(8-14(13)18-10)19-15(21)20-6-7-22-12(9-20)4-5-16;;/h2-3,8,12H,4-7,9,16H2,1H3,(H,17,18)(H,19,21);2*1H. The highest BCUT2D eigenvalue weighted by atomic mass is 35.5. The van der Waals surface area contributed by atoms with Crippen molar-refractivity contribution in [3.8, 4) is 0 Å². The van der Waals surface area contributed by atoms with Crippen LogP contribution < -0.4 is 11.1 Å². The number of imidazole rings is 1. The number of anilines is 1. The van der Waals surface area contributed by atoms with E-state index in [4.69, 9.17) is 10.5 Å². The predicted octanol–water partition coefficient (Wildman–Crippen LogP) is 2.30. The zero-order valence-electron chi connectivity index (χ0n) is 13.4. The number of hydrogen-bond donors (Lipinski definition) is 3. The summed E-state index contributed by atoms with van der Waals surface area (Å²) in [6.07, 6.45) is 0.797. The first kappa shape index (κ1) is 20.5. The highest BCUT2D eigenvalue weighted by Gasteiger charge is 2.23. The number of amides is 2. The van der Waals surface area contributed by atoms with Crippen molar-refractivity contribution in [3.63, 3.8) is 0 Å². The van der Waals surface area contributed by atoms with E-state index in [9.17, 15) is 4.79 Å². The first-order valence-electron chi connectivity index (χ1n) is 7.49. The monoisotopic (exact) mass is 375 g/mol. The number of morpholine rings is 1. The lowest BCUT2D eigenvalue weighted by Crippen LogP contribution is -2.47. The van der Waals surface area contributed by atoms with Crippen LogP contribution in [0.5, 0.6) is 0 Å². The van der Waals surface area contributed by atoms with E-state index in [-0.39, 0.29) is 36.9 Å². The van der Waals surface area contributed by atoms with Gasteiger partial charge in [0.05, 0.1) is 23.7 Å². The van der Waals surface area contributed by atoms with Crippen molar-refractivity contribution in [3.05, 3.63) is 24.0 Å². The third-order valence-electron chi connectivity index (χ3n) is 3.77. The number of nitrogens with zero attached hydrogens (tertiary/aromatic N) is 2. The minimum atomic E-state index is -0.110. The minimum absolute atomic E-state index is 0. The summed E-state index contributed by atoms with van der Waals surface area (Å²) in [4.78, 5) is 21.6. The summed E-state index contributed by atoms with van der Waals surface area (Å²) < 4.78 is 5.59. The number of nitrogens with one attached hydrogen (secondary N) is 2. The number of benzene rings is 1. The molecule has 1 aromatic carbocycles. The molecular formula is C15H23Cl2N5O2. The fourth-order valence-electron chi connectivity index (χ4n) is 2.68. The van der Waals surface area contributed by atoms with Gasteiger partial charge in [-0.15, -0.1) is 24.8 Å². The van der Waals surface area contributed by atoms with Crippen LogP contribution in [0, 0.1) is 6.92 Å². The molecule has 1 unspecified atom stereocenters. The van der Waals surface area contributed by atoms with Crippen LogP contribution in [0.3, 0.4) is 0 Å². The number of aromatic nitrogens is 2. The zero-order valence-corrected chi connectivity index (χ0v) is 15.1. The maximum Gasteiger partial charge on any atom is 0.322 e. The SMILES string of the molecule is Cc1nc2ccc(NC(=O)N3CCOC(CCN)C3)cc2[nH]1.Cl.Cl. The van der Waals surface area contributed by atoms with Gasteiger partial charge in [-0.05, 0) is 38.1 Å². The van der Waals surface area contributed by atoms with Gasteiger partial charge in [0, 0.05) is 18.8 Å². The van der Waals surface area contributed by atoms with E-state index >= 15 is 0 Å². The number of fused-ring (bicyclic) bond motifs is 1. The molecule has 0 saturated carbocycles. The van der Waals surface area contributed by atoms with E-state index in [0.717, 1.165) is 29.0 Å². The summed E-state index contributed by atoms with van der Waals surface area (Å²) in [6, 6.07) is 5.54. The molecule has 1 atom stereocenters. The van der Waals surface area contributed by atoms with Gasteiger partial charge in [-0.2, -0.15) is 0 Å². The average Bonchev–Trinajstić information content (AvgIpc) is 2.87. The molecule has 2 aromatic rings. The molecule has 0 spiro atoms. The average molecular weight is 376 g/mol. The van der Waals surface area contributed by atoms with Gasteiger partial charge < -0.3 is 25.7 Å². The molecule has 0 bridgehead atoms. The molecule has 0 radical (unpaired) electrons. The maximum atomic E-state index is 12.4. The predicted molar refractivity (Wildman–Crippen MR) is 99.3 cm³/mol. The van der Waals surface area contributed by atoms with E-state index in [1.807, 2.05) is 25.1 Å². The van der Waals surface area contributed by atoms with Crippen LogP contribution in [0.25, 0.3) is 11.0 Å². The van der Waals surface area contributed by atoms with Crippen molar-refractivity contribution in [1.82, 2.24) is 14.9 Å². The number of urea groups is 1. The Labute approximate surface area is 153 Å². The lowest BCUT2D eigenvalue weighted by Gasteiger charge is -2.32. The molecule has 134 valence electrons. The van der Waals surface area contributed by atoms with E-state index in [2.05, 4.69) is 15.3 Å². The molecule has 4 N–H and O–H groups in total. The molecule has 1 saturated heterocycles. The van der Waals surface area contributed by atoms with Crippen molar-refractivity contribution in [2.75, 3.05) is 31.6 Å². The molecule has 2 amide bonds. The van der Waals surface area contributed by atoms with Gasteiger partial charge in [-0.25, -0.2) is 9.78 Å². The topological polar surface area (TPSA) is 96.3 Å². The first-order chi connectivity index (χ1) is 10.7. The Morgan fingerprint density at radius 2 is 2.29 bits per heavy atom. The van der Waals surface area contributed by atoms with Crippen molar-refractivity contribution in [2.45, 2.75) is 19.4 Å². The van der Waals surface area contributed by atoms with E-state index < -0.39 is 0 Å². The molecular weight excluding hydrogens is 353 g/mol. The van der Waals surface area contributed by atoms with Crippen LogP contribution in [0.2, 0.25) is 0 Å². The minimum Gasteiger partial charge on any atom is -0.374 e. The number of nitrogens with two attached hydrogens (primary N) is 1. The Hall–Kier alpha value is -1.54. The fourth-order valence-corrected chi connectivity index (χ4v) is 2.68. The van der Waals surface area contributed by atoms with E-state index in [1.165, 1.54) is 0 Å². The summed E-state index contributed by atoms with van der Waals surface area (Å²) in [7, 11) is 0. The van der Waals surface area contributed by atoms with Crippen LogP contribution in [-0.4, -0.2) is 53.2 Å². The van der Waals surface area contributed by atoms with Gasteiger partial charge in [0.2, 0.25) is 0 Å². The molecule has 24 heavy (non-hydrogen) atoms. The second-order valence-corrected chi connectivity index (χ2v) is 5.50. The Balaban J connectivity index is 0.00000144. The Morgan fingerprint density at radius 1 is 1.50 bits per heavy atom. The van der Waals surface area contributed by atoms with Crippen LogP contribution in [0.1, 0.15) is 12.2 Å². The highest BCUT2D eigenvalue weighted by molar-refractivity contribution is 5.92. The summed E-state index contributed by atoms with van der Waals surface area (Å²) in [5, 5.41) is 2.93. The molecule has 9 heteroatoms. The normalized spacial score (nSPS) is 17.1. The lowest BCUT2D eigenvalue weighted by molar-refractivity contribution is -0.0146. The molecule has 1 fully saturated rings. The molecule has 1 aromatic heterocycles. The number of aromatic amines is 1. The number of carbonyl (C=O) groups excluding carboxylic acids is 1. The van der Waals surface area contributed by atoms with Gasteiger partial charge in [0.25, 0.3) is 0 Å². The Kier molecular flexibility index (Phi) is 7.75. The molecule has 2 heterocycles. The third kappa shape index (κ3) is 4.73.